The maximum Gasteiger partial charge on any atom is 0.0628 e. The van der Waals surface area contributed by atoms with Crippen LogP contribution in [-0.2, 0) is 13.0 Å². The monoisotopic (exact) mass is 209 g/mol. The van der Waals surface area contributed by atoms with E-state index in [-0.39, 0.29) is 0 Å². The maximum absolute atomic E-state index is 4.59. The SMILES string of the molecule is CCCCn1nc(C)c(CCNC)c1C. The quantitative estimate of drug-likeness (QED) is 0.777. The third kappa shape index (κ3) is 3.06. The van der Waals surface area contributed by atoms with Gasteiger partial charge in [-0.1, -0.05) is 13.3 Å². The van der Waals surface area contributed by atoms with Crippen molar-refractivity contribution in [3.05, 3.63) is 17.0 Å². The summed E-state index contributed by atoms with van der Waals surface area (Å²) >= 11 is 0. The first-order chi connectivity index (χ1) is 7.20. The lowest BCUT2D eigenvalue weighted by atomic mass is 10.1. The zero-order valence-electron chi connectivity index (χ0n) is 10.4. The van der Waals surface area contributed by atoms with Gasteiger partial charge in [0.1, 0.15) is 0 Å². The predicted molar refractivity (Wildman–Crippen MR) is 64.2 cm³/mol. The predicted octanol–water partition coefficient (Wildman–Crippen LogP) is 2.06. The summed E-state index contributed by atoms with van der Waals surface area (Å²) < 4.78 is 2.16. The molecular weight excluding hydrogens is 186 g/mol. The molecule has 0 spiro atoms. The van der Waals surface area contributed by atoms with Crippen molar-refractivity contribution in [1.82, 2.24) is 15.1 Å². The molecule has 0 atom stereocenters. The third-order valence-electron chi connectivity index (χ3n) is 2.88. The van der Waals surface area contributed by atoms with Gasteiger partial charge in [-0.15, -0.1) is 0 Å². The van der Waals surface area contributed by atoms with Gasteiger partial charge in [0.25, 0.3) is 0 Å². The van der Waals surface area contributed by atoms with Gasteiger partial charge in [-0.25, -0.2) is 0 Å². The second-order valence-corrected chi connectivity index (χ2v) is 4.08. The smallest absolute Gasteiger partial charge is 0.0628 e. The highest BCUT2D eigenvalue weighted by atomic mass is 15.3. The number of aromatic nitrogens is 2. The fraction of sp³-hybridized carbons (Fsp3) is 0.750. The third-order valence-corrected chi connectivity index (χ3v) is 2.88. The molecule has 0 unspecified atom stereocenters. The molecule has 0 aliphatic heterocycles. The highest BCUT2D eigenvalue weighted by Gasteiger charge is 2.09. The molecule has 1 N–H and O–H groups in total. The lowest BCUT2D eigenvalue weighted by molar-refractivity contribution is 0.555. The Kier molecular flexibility index (Phi) is 4.82. The Hall–Kier alpha value is -0.830. The zero-order valence-corrected chi connectivity index (χ0v) is 10.4. The van der Waals surface area contributed by atoms with Crippen LogP contribution in [0.4, 0.5) is 0 Å². The summed E-state index contributed by atoms with van der Waals surface area (Å²) in [5, 5.41) is 7.78. The van der Waals surface area contributed by atoms with Crippen molar-refractivity contribution >= 4 is 0 Å². The first-order valence-electron chi connectivity index (χ1n) is 5.88. The van der Waals surface area contributed by atoms with Crippen molar-refractivity contribution in [3.8, 4) is 0 Å². The van der Waals surface area contributed by atoms with Gasteiger partial charge < -0.3 is 5.32 Å². The van der Waals surface area contributed by atoms with E-state index in [1.54, 1.807) is 0 Å². The molecular formula is C12H23N3. The van der Waals surface area contributed by atoms with E-state index >= 15 is 0 Å². The van der Waals surface area contributed by atoms with Crippen molar-refractivity contribution in [1.29, 1.82) is 0 Å². The first kappa shape index (κ1) is 12.2. The molecule has 0 aliphatic carbocycles. The Morgan fingerprint density at radius 2 is 2.07 bits per heavy atom. The van der Waals surface area contributed by atoms with Crippen LogP contribution in [0.25, 0.3) is 0 Å². The second-order valence-electron chi connectivity index (χ2n) is 4.08. The Morgan fingerprint density at radius 3 is 2.67 bits per heavy atom. The van der Waals surface area contributed by atoms with E-state index in [0.29, 0.717) is 0 Å². The molecule has 0 aliphatic rings. The van der Waals surface area contributed by atoms with Gasteiger partial charge in [0.2, 0.25) is 0 Å². The highest BCUT2D eigenvalue weighted by molar-refractivity contribution is 5.24. The van der Waals surface area contributed by atoms with Gasteiger partial charge in [0, 0.05) is 12.2 Å². The molecule has 1 heterocycles. The van der Waals surface area contributed by atoms with Crippen molar-refractivity contribution in [3.63, 3.8) is 0 Å². The number of likely N-dealkylation sites (N-methyl/N-ethyl adjacent to an activating group) is 1. The van der Waals surface area contributed by atoms with E-state index in [0.717, 1.165) is 19.5 Å². The van der Waals surface area contributed by atoms with E-state index in [4.69, 9.17) is 0 Å². The molecule has 0 fully saturated rings. The van der Waals surface area contributed by atoms with Crippen LogP contribution in [0, 0.1) is 13.8 Å². The molecule has 86 valence electrons. The molecule has 1 aromatic rings. The minimum absolute atomic E-state index is 1.03. The average Bonchev–Trinajstić information content (AvgIpc) is 2.49. The first-order valence-corrected chi connectivity index (χ1v) is 5.88. The lowest BCUT2D eigenvalue weighted by Gasteiger charge is -2.04. The fourth-order valence-electron chi connectivity index (χ4n) is 1.87. The van der Waals surface area contributed by atoms with Gasteiger partial charge in [-0.05, 0) is 45.8 Å². The molecule has 1 rings (SSSR count). The maximum atomic E-state index is 4.59. The number of hydrogen-bond acceptors (Lipinski definition) is 2. The molecule has 3 heteroatoms. The number of nitrogens with zero attached hydrogens (tertiary/aromatic N) is 2. The van der Waals surface area contributed by atoms with Crippen LogP contribution in [0.3, 0.4) is 0 Å². The summed E-state index contributed by atoms with van der Waals surface area (Å²) in [6, 6.07) is 0. The van der Waals surface area contributed by atoms with E-state index in [1.807, 2.05) is 7.05 Å². The molecule has 0 radical (unpaired) electrons. The van der Waals surface area contributed by atoms with Crippen molar-refractivity contribution < 1.29 is 0 Å². The van der Waals surface area contributed by atoms with Gasteiger partial charge >= 0.3 is 0 Å². The molecule has 0 bridgehead atoms. The van der Waals surface area contributed by atoms with Gasteiger partial charge in [0.15, 0.2) is 0 Å². The van der Waals surface area contributed by atoms with Crippen molar-refractivity contribution in [2.75, 3.05) is 13.6 Å². The number of rotatable bonds is 6. The van der Waals surface area contributed by atoms with Crippen molar-refractivity contribution in [2.45, 2.75) is 46.6 Å². The molecule has 0 saturated carbocycles. The number of aryl methyl sites for hydroxylation is 2. The van der Waals surface area contributed by atoms with E-state index in [9.17, 15) is 0 Å². The van der Waals surface area contributed by atoms with Crippen molar-refractivity contribution in [2.24, 2.45) is 0 Å². The zero-order chi connectivity index (χ0) is 11.3. The van der Waals surface area contributed by atoms with Crippen LogP contribution in [-0.4, -0.2) is 23.4 Å². The Balaban J connectivity index is 2.74. The Labute approximate surface area is 92.9 Å². The largest absolute Gasteiger partial charge is 0.319 e. The summed E-state index contributed by atoms with van der Waals surface area (Å²) in [5.41, 5.74) is 3.95. The summed E-state index contributed by atoms with van der Waals surface area (Å²) in [6.45, 7) is 8.60. The molecule has 3 nitrogen and oxygen atoms in total. The highest BCUT2D eigenvalue weighted by Crippen LogP contribution is 2.14. The summed E-state index contributed by atoms with van der Waals surface area (Å²) in [5.74, 6) is 0. The second kappa shape index (κ2) is 5.91. The van der Waals surface area contributed by atoms with E-state index in [1.165, 1.54) is 29.8 Å². The van der Waals surface area contributed by atoms with Crippen LogP contribution in [0.15, 0.2) is 0 Å². The number of nitrogens with one attached hydrogen (secondary N) is 1. The fourth-order valence-corrected chi connectivity index (χ4v) is 1.87. The van der Waals surface area contributed by atoms with Crippen LogP contribution >= 0.6 is 0 Å². The van der Waals surface area contributed by atoms with Crippen LogP contribution in [0.5, 0.6) is 0 Å². The van der Waals surface area contributed by atoms with Gasteiger partial charge in [-0.3, -0.25) is 4.68 Å². The van der Waals surface area contributed by atoms with Gasteiger partial charge in [0.05, 0.1) is 5.69 Å². The molecule has 15 heavy (non-hydrogen) atoms. The number of hydrogen-bond donors (Lipinski definition) is 1. The Bertz CT molecular complexity index is 302. The molecule has 1 aromatic heterocycles. The topological polar surface area (TPSA) is 29.9 Å². The molecule has 0 amide bonds. The Morgan fingerprint density at radius 1 is 1.33 bits per heavy atom. The van der Waals surface area contributed by atoms with Crippen LogP contribution in [0.1, 0.15) is 36.7 Å². The van der Waals surface area contributed by atoms with E-state index in [2.05, 4.69) is 35.9 Å². The minimum atomic E-state index is 1.03. The standard InChI is InChI=1S/C12H23N3/c1-5-6-9-15-11(3)12(7-8-13-4)10(2)14-15/h13H,5-9H2,1-4H3. The van der Waals surface area contributed by atoms with Crippen LogP contribution < -0.4 is 5.32 Å². The van der Waals surface area contributed by atoms with E-state index < -0.39 is 0 Å². The van der Waals surface area contributed by atoms with Gasteiger partial charge in [-0.2, -0.15) is 5.10 Å². The number of unbranched alkanes of at least 4 members (excludes halogenated alkanes) is 1. The summed E-state index contributed by atoms with van der Waals surface area (Å²) in [4.78, 5) is 0. The normalized spacial score (nSPS) is 10.9. The van der Waals surface area contributed by atoms with Crippen LogP contribution in [0.2, 0.25) is 0 Å². The molecule has 0 saturated heterocycles. The minimum Gasteiger partial charge on any atom is -0.319 e. The lowest BCUT2D eigenvalue weighted by Crippen LogP contribution is -2.11. The summed E-state index contributed by atoms with van der Waals surface area (Å²) in [6.07, 6.45) is 3.53. The average molecular weight is 209 g/mol. The summed E-state index contributed by atoms with van der Waals surface area (Å²) in [7, 11) is 1.99. The molecule has 0 aromatic carbocycles.